The van der Waals surface area contributed by atoms with Crippen LogP contribution >= 0.6 is 0 Å². The Hall–Kier alpha value is -3.47. The van der Waals surface area contributed by atoms with Crippen molar-refractivity contribution in [2.24, 2.45) is 29.1 Å². The molecule has 5 heteroatoms. The predicted octanol–water partition coefficient (Wildman–Crippen LogP) is 5.65. The molecule has 6 atom stereocenters. The summed E-state index contributed by atoms with van der Waals surface area (Å²) in [6.07, 6.45) is 14.8. The second-order valence-corrected chi connectivity index (χ2v) is 11.3. The SMILES string of the molecule is CC1=C[C@@H]2/C=C/C[C@H](C)/C=C(\C)CC(=O)/C=C\C(=O)[C@]23C(=O)N[C@@H](Cc2c[nH]c4ccccc24)[C@@H]3[C@@H]1C. The molecule has 3 aliphatic rings. The number of hydrogen-bond donors (Lipinski definition) is 2. The molecule has 0 bridgehead atoms. The number of para-hydroxylation sites is 1. The number of nitrogens with one attached hydrogen (secondary N) is 2. The summed E-state index contributed by atoms with van der Waals surface area (Å²) in [5.41, 5.74) is 3.10. The van der Waals surface area contributed by atoms with E-state index in [2.05, 4.69) is 61.4 Å². The summed E-state index contributed by atoms with van der Waals surface area (Å²) in [4.78, 5) is 44.1. The van der Waals surface area contributed by atoms with Crippen molar-refractivity contribution in [3.05, 3.63) is 83.6 Å². The summed E-state index contributed by atoms with van der Waals surface area (Å²) in [5.74, 6) is -0.928. The number of carbonyl (C=O) groups is 3. The number of fused-ring (bicyclic) bond motifs is 1. The summed E-state index contributed by atoms with van der Waals surface area (Å²) in [5, 5.41) is 4.38. The molecule has 1 saturated heterocycles. The molecule has 1 aliphatic heterocycles. The summed E-state index contributed by atoms with van der Waals surface area (Å²) < 4.78 is 0. The van der Waals surface area contributed by atoms with Gasteiger partial charge in [0, 0.05) is 41.4 Å². The molecule has 5 nitrogen and oxygen atoms in total. The number of aromatic amines is 1. The Labute approximate surface area is 218 Å². The van der Waals surface area contributed by atoms with Crippen LogP contribution in [-0.2, 0) is 20.8 Å². The molecule has 1 aromatic heterocycles. The summed E-state index contributed by atoms with van der Waals surface area (Å²) in [7, 11) is 0. The average Bonchev–Trinajstić information content (AvgIpc) is 3.39. The Balaban J connectivity index is 1.60. The first-order valence-corrected chi connectivity index (χ1v) is 13.3. The highest BCUT2D eigenvalue weighted by molar-refractivity contribution is 6.15. The Morgan fingerprint density at radius 2 is 1.81 bits per heavy atom. The zero-order valence-corrected chi connectivity index (χ0v) is 22.1. The molecule has 0 radical (unpaired) electrons. The second kappa shape index (κ2) is 9.77. The van der Waals surface area contributed by atoms with Gasteiger partial charge in [0.05, 0.1) is 0 Å². The third-order valence-electron chi connectivity index (χ3n) is 8.69. The minimum atomic E-state index is -1.28. The summed E-state index contributed by atoms with van der Waals surface area (Å²) in [6.45, 7) is 8.31. The molecule has 5 rings (SSSR count). The fourth-order valence-corrected chi connectivity index (χ4v) is 6.87. The molecular formula is C32H36N2O3. The van der Waals surface area contributed by atoms with E-state index >= 15 is 0 Å². The fraction of sp³-hybridized carbons (Fsp3) is 0.406. The van der Waals surface area contributed by atoms with Crippen LogP contribution in [0, 0.1) is 29.1 Å². The van der Waals surface area contributed by atoms with Gasteiger partial charge in [-0.25, -0.2) is 0 Å². The van der Waals surface area contributed by atoms with Crippen molar-refractivity contribution in [3.63, 3.8) is 0 Å². The number of rotatable bonds is 2. The van der Waals surface area contributed by atoms with Gasteiger partial charge in [0.25, 0.3) is 0 Å². The molecule has 192 valence electrons. The molecule has 1 aromatic carbocycles. The van der Waals surface area contributed by atoms with E-state index < -0.39 is 5.41 Å². The van der Waals surface area contributed by atoms with Gasteiger partial charge in [0.1, 0.15) is 5.41 Å². The molecule has 2 aliphatic carbocycles. The third-order valence-corrected chi connectivity index (χ3v) is 8.69. The number of aromatic nitrogens is 1. The Kier molecular flexibility index (Phi) is 6.65. The molecule has 2 heterocycles. The zero-order valence-electron chi connectivity index (χ0n) is 22.1. The second-order valence-electron chi connectivity index (χ2n) is 11.3. The van der Waals surface area contributed by atoms with E-state index in [1.165, 1.54) is 17.7 Å². The van der Waals surface area contributed by atoms with Crippen molar-refractivity contribution in [3.8, 4) is 0 Å². The van der Waals surface area contributed by atoms with E-state index in [1.807, 2.05) is 31.3 Å². The minimum Gasteiger partial charge on any atom is -0.361 e. The lowest BCUT2D eigenvalue weighted by Crippen LogP contribution is -2.51. The molecule has 2 aromatic rings. The average molecular weight is 497 g/mol. The van der Waals surface area contributed by atoms with Gasteiger partial charge in [0.15, 0.2) is 11.6 Å². The van der Waals surface area contributed by atoms with Crippen molar-refractivity contribution < 1.29 is 14.4 Å². The van der Waals surface area contributed by atoms with Crippen LogP contribution in [0.15, 0.2) is 78.1 Å². The van der Waals surface area contributed by atoms with Crippen molar-refractivity contribution in [1.82, 2.24) is 10.3 Å². The number of amides is 1. The van der Waals surface area contributed by atoms with Gasteiger partial charge in [-0.15, -0.1) is 0 Å². The van der Waals surface area contributed by atoms with E-state index in [0.717, 1.165) is 28.5 Å². The number of allylic oxidation sites excluding steroid dienone is 8. The van der Waals surface area contributed by atoms with Crippen LogP contribution in [0.25, 0.3) is 10.9 Å². The Morgan fingerprint density at radius 1 is 1.03 bits per heavy atom. The van der Waals surface area contributed by atoms with Crippen LogP contribution in [0.2, 0.25) is 0 Å². The molecule has 2 N–H and O–H groups in total. The van der Waals surface area contributed by atoms with Crippen LogP contribution in [0.3, 0.4) is 0 Å². The first kappa shape index (κ1) is 25.2. The quantitative estimate of drug-likeness (QED) is 0.417. The molecule has 0 saturated carbocycles. The van der Waals surface area contributed by atoms with E-state index in [0.29, 0.717) is 6.42 Å². The maximum Gasteiger partial charge on any atom is 0.235 e. The normalized spacial score (nSPS) is 35.7. The van der Waals surface area contributed by atoms with E-state index in [-0.39, 0.29) is 53.6 Å². The number of carbonyl (C=O) groups excluding carboxylic acids is 3. The number of H-pyrrole nitrogens is 1. The Morgan fingerprint density at radius 3 is 2.62 bits per heavy atom. The monoisotopic (exact) mass is 496 g/mol. The number of ketones is 2. The first-order chi connectivity index (χ1) is 17.7. The lowest BCUT2D eigenvalue weighted by molar-refractivity contribution is -0.142. The topological polar surface area (TPSA) is 79.0 Å². The number of hydrogen-bond acceptors (Lipinski definition) is 3. The number of benzene rings is 1. The molecular weight excluding hydrogens is 460 g/mol. The lowest BCUT2D eigenvalue weighted by atomic mass is 9.55. The van der Waals surface area contributed by atoms with Gasteiger partial charge >= 0.3 is 0 Å². The summed E-state index contributed by atoms with van der Waals surface area (Å²) in [6, 6.07) is 7.95. The fourth-order valence-electron chi connectivity index (χ4n) is 6.87. The van der Waals surface area contributed by atoms with Crippen molar-refractivity contribution in [2.75, 3.05) is 0 Å². The van der Waals surface area contributed by atoms with Crippen molar-refractivity contribution in [1.29, 1.82) is 0 Å². The molecule has 0 unspecified atom stereocenters. The highest BCUT2D eigenvalue weighted by Gasteiger charge is 2.64. The highest BCUT2D eigenvalue weighted by Crippen LogP contribution is 2.54. The van der Waals surface area contributed by atoms with E-state index in [4.69, 9.17) is 0 Å². The maximum absolute atomic E-state index is 14.1. The van der Waals surface area contributed by atoms with Crippen molar-refractivity contribution in [2.45, 2.75) is 53.0 Å². The standard InChI is InChI=1S/C32H36N2O3/c1-19-8-7-9-24-16-21(3)22(4)30-28(17-23-18-33-27-11-6-5-10-26(23)27)34-31(37)32(24,30)29(36)13-12-25(35)15-20(2)14-19/h5-7,9-14,16,18-19,22,24,28,30,33H,8,15,17H2,1-4H3,(H,34,37)/b9-7+,13-12-,20-14+/t19-,22+,24-,28-,30-,32+/m0/s1. The van der Waals surface area contributed by atoms with E-state index in [9.17, 15) is 14.4 Å². The molecule has 1 spiro atoms. The van der Waals surface area contributed by atoms with Crippen molar-refractivity contribution >= 4 is 28.4 Å². The van der Waals surface area contributed by atoms with Crippen LogP contribution in [-0.4, -0.2) is 28.5 Å². The van der Waals surface area contributed by atoms with Crippen LogP contribution in [0.4, 0.5) is 0 Å². The van der Waals surface area contributed by atoms with Crippen LogP contribution < -0.4 is 5.32 Å². The molecule has 1 amide bonds. The van der Waals surface area contributed by atoms with Gasteiger partial charge in [-0.05, 0) is 62.3 Å². The van der Waals surface area contributed by atoms with Crippen LogP contribution in [0.5, 0.6) is 0 Å². The van der Waals surface area contributed by atoms with Gasteiger partial charge in [-0.2, -0.15) is 0 Å². The third kappa shape index (κ3) is 4.35. The van der Waals surface area contributed by atoms with E-state index in [1.54, 1.807) is 0 Å². The van der Waals surface area contributed by atoms with Gasteiger partial charge in [-0.1, -0.05) is 67.5 Å². The largest absolute Gasteiger partial charge is 0.361 e. The van der Waals surface area contributed by atoms with Gasteiger partial charge in [-0.3, -0.25) is 14.4 Å². The Bertz CT molecular complexity index is 1370. The molecule has 37 heavy (non-hydrogen) atoms. The zero-order chi connectivity index (χ0) is 26.3. The van der Waals surface area contributed by atoms with Gasteiger partial charge < -0.3 is 10.3 Å². The van der Waals surface area contributed by atoms with Crippen LogP contribution in [0.1, 0.15) is 46.1 Å². The first-order valence-electron chi connectivity index (χ1n) is 13.3. The minimum absolute atomic E-state index is 0.0328. The summed E-state index contributed by atoms with van der Waals surface area (Å²) >= 11 is 0. The maximum atomic E-state index is 14.1. The lowest BCUT2D eigenvalue weighted by Gasteiger charge is -2.44. The highest BCUT2D eigenvalue weighted by atomic mass is 16.2. The molecule has 1 fully saturated rings. The smallest absolute Gasteiger partial charge is 0.235 e. The van der Waals surface area contributed by atoms with Gasteiger partial charge in [0.2, 0.25) is 5.91 Å². The predicted molar refractivity (Wildman–Crippen MR) is 147 cm³/mol.